The summed E-state index contributed by atoms with van der Waals surface area (Å²) < 4.78 is 24.2. The molecule has 0 rings (SSSR count). The minimum Gasteiger partial charge on any atom is -0.356 e. The Labute approximate surface area is 88.8 Å². The highest BCUT2D eigenvalue weighted by molar-refractivity contribution is 5.75. The third kappa shape index (κ3) is 8.26. The number of alkyl halides is 2. The van der Waals surface area contributed by atoms with Crippen LogP contribution in [0.4, 0.5) is 8.78 Å². The van der Waals surface area contributed by atoms with Crippen molar-refractivity contribution in [2.24, 2.45) is 5.73 Å². The first kappa shape index (κ1) is 14.2. The average Bonchev–Trinajstić information content (AvgIpc) is 2.14. The average molecular weight is 223 g/mol. The molecule has 0 aliphatic carbocycles. The van der Waals surface area contributed by atoms with Crippen molar-refractivity contribution in [1.82, 2.24) is 10.2 Å². The molecule has 0 aliphatic heterocycles. The first-order valence-corrected chi connectivity index (χ1v) is 5.07. The van der Waals surface area contributed by atoms with Gasteiger partial charge in [0.2, 0.25) is 5.91 Å². The van der Waals surface area contributed by atoms with Crippen molar-refractivity contribution in [1.29, 1.82) is 0 Å². The van der Waals surface area contributed by atoms with Gasteiger partial charge in [0.25, 0.3) is 6.43 Å². The molecule has 0 fully saturated rings. The van der Waals surface area contributed by atoms with Crippen molar-refractivity contribution in [3.63, 3.8) is 0 Å². The number of hydrogen-bond acceptors (Lipinski definition) is 3. The molecular weight excluding hydrogens is 204 g/mol. The molecule has 15 heavy (non-hydrogen) atoms. The first-order chi connectivity index (χ1) is 7.10. The van der Waals surface area contributed by atoms with E-state index in [0.717, 1.165) is 0 Å². The molecule has 0 saturated carbocycles. The van der Waals surface area contributed by atoms with E-state index >= 15 is 0 Å². The first-order valence-electron chi connectivity index (χ1n) is 5.07. The van der Waals surface area contributed by atoms with Crippen molar-refractivity contribution >= 4 is 5.91 Å². The molecule has 0 unspecified atom stereocenters. The number of hydrogen-bond donors (Lipinski definition) is 2. The van der Waals surface area contributed by atoms with Crippen molar-refractivity contribution in [3.8, 4) is 0 Å². The zero-order valence-electron chi connectivity index (χ0n) is 9.01. The molecule has 4 nitrogen and oxygen atoms in total. The van der Waals surface area contributed by atoms with Crippen LogP contribution in [0.15, 0.2) is 0 Å². The highest BCUT2D eigenvalue weighted by Gasteiger charge is 2.12. The van der Waals surface area contributed by atoms with E-state index in [9.17, 15) is 13.6 Å². The second kappa shape index (κ2) is 8.55. The van der Waals surface area contributed by atoms with Gasteiger partial charge in [-0.15, -0.1) is 0 Å². The summed E-state index contributed by atoms with van der Waals surface area (Å²) in [6.45, 7) is 3.09. The molecule has 0 radical (unpaired) electrons. The van der Waals surface area contributed by atoms with Crippen LogP contribution in [0.25, 0.3) is 0 Å². The molecule has 0 aromatic heterocycles. The van der Waals surface area contributed by atoms with E-state index < -0.39 is 6.43 Å². The number of nitrogens with one attached hydrogen (secondary N) is 1. The lowest BCUT2D eigenvalue weighted by Gasteiger charge is -2.20. The maximum Gasteiger partial charge on any atom is 0.251 e. The van der Waals surface area contributed by atoms with Crippen LogP contribution in [0, 0.1) is 0 Å². The van der Waals surface area contributed by atoms with Gasteiger partial charge >= 0.3 is 0 Å². The molecule has 6 heteroatoms. The lowest BCUT2D eigenvalue weighted by molar-refractivity contribution is -0.121. The topological polar surface area (TPSA) is 58.4 Å². The zero-order chi connectivity index (χ0) is 11.7. The lowest BCUT2D eigenvalue weighted by atomic mass is 10.3. The smallest absolute Gasteiger partial charge is 0.251 e. The van der Waals surface area contributed by atoms with Crippen LogP contribution in [-0.4, -0.2) is 50.0 Å². The van der Waals surface area contributed by atoms with E-state index in [1.165, 1.54) is 4.90 Å². The summed E-state index contributed by atoms with van der Waals surface area (Å²) in [7, 11) is 0. The monoisotopic (exact) mass is 223 g/mol. The minimum absolute atomic E-state index is 0.117. The van der Waals surface area contributed by atoms with E-state index in [1.54, 1.807) is 0 Å². The molecule has 0 bridgehead atoms. The van der Waals surface area contributed by atoms with Gasteiger partial charge in [0.15, 0.2) is 0 Å². The Hall–Kier alpha value is -0.750. The van der Waals surface area contributed by atoms with Crippen LogP contribution in [0.1, 0.15) is 13.3 Å². The van der Waals surface area contributed by atoms with Crippen molar-refractivity contribution < 1.29 is 13.6 Å². The number of rotatable bonds is 8. The molecule has 0 aliphatic rings. The fourth-order valence-electron chi connectivity index (χ4n) is 1.22. The second-order valence-corrected chi connectivity index (χ2v) is 3.18. The number of halogens is 2. The maximum absolute atomic E-state index is 12.1. The predicted octanol–water partition coefficient (Wildman–Crippen LogP) is 0.0384. The van der Waals surface area contributed by atoms with Crippen LogP contribution in [-0.2, 0) is 4.79 Å². The molecule has 3 N–H and O–H groups in total. The molecule has 0 atom stereocenters. The number of carbonyl (C=O) groups excluding carboxylic acids is 1. The minimum atomic E-state index is -2.38. The lowest BCUT2D eigenvalue weighted by Crippen LogP contribution is -2.36. The molecule has 0 heterocycles. The molecule has 0 aromatic carbocycles. The highest BCUT2D eigenvalue weighted by Crippen LogP contribution is 1.98. The van der Waals surface area contributed by atoms with Gasteiger partial charge in [0.1, 0.15) is 0 Å². The van der Waals surface area contributed by atoms with E-state index in [0.29, 0.717) is 26.2 Å². The van der Waals surface area contributed by atoms with E-state index in [1.807, 2.05) is 6.92 Å². The Balaban J connectivity index is 3.78. The SMILES string of the molecule is CCNC(=O)CCN(CCN)CC(F)F. The number of nitrogens with two attached hydrogens (primary N) is 1. The van der Waals surface area contributed by atoms with Crippen LogP contribution < -0.4 is 11.1 Å². The largest absolute Gasteiger partial charge is 0.356 e. The van der Waals surface area contributed by atoms with Gasteiger partial charge in [-0.3, -0.25) is 9.69 Å². The fourth-order valence-corrected chi connectivity index (χ4v) is 1.22. The Morgan fingerprint density at radius 3 is 2.60 bits per heavy atom. The van der Waals surface area contributed by atoms with E-state index in [-0.39, 0.29) is 18.9 Å². The highest BCUT2D eigenvalue weighted by atomic mass is 19.3. The van der Waals surface area contributed by atoms with Gasteiger partial charge < -0.3 is 11.1 Å². The third-order valence-corrected chi connectivity index (χ3v) is 1.87. The number of amides is 1. The molecule has 90 valence electrons. The Morgan fingerprint density at radius 1 is 1.47 bits per heavy atom. The van der Waals surface area contributed by atoms with Gasteiger partial charge in [-0.05, 0) is 6.92 Å². The summed E-state index contributed by atoms with van der Waals surface area (Å²) in [5.74, 6) is -0.117. The normalized spacial score (nSPS) is 11.1. The predicted molar refractivity (Wildman–Crippen MR) is 54.8 cm³/mol. The quantitative estimate of drug-likeness (QED) is 0.611. The molecule has 0 saturated heterocycles. The van der Waals surface area contributed by atoms with E-state index in [4.69, 9.17) is 5.73 Å². The standard InChI is InChI=1S/C9H19F2N3O/c1-2-13-9(15)3-5-14(6-4-12)7-8(10)11/h8H,2-7,12H2,1H3,(H,13,15). The summed E-state index contributed by atoms with van der Waals surface area (Å²) >= 11 is 0. The Morgan fingerprint density at radius 2 is 2.13 bits per heavy atom. The third-order valence-electron chi connectivity index (χ3n) is 1.87. The van der Waals surface area contributed by atoms with Gasteiger partial charge in [-0.25, -0.2) is 8.78 Å². The van der Waals surface area contributed by atoms with Gasteiger partial charge in [-0.2, -0.15) is 0 Å². The molecule has 0 aromatic rings. The van der Waals surface area contributed by atoms with Crippen molar-refractivity contribution in [2.45, 2.75) is 19.8 Å². The summed E-state index contributed by atoms with van der Waals surface area (Å²) in [4.78, 5) is 12.6. The summed E-state index contributed by atoms with van der Waals surface area (Å²) in [6.07, 6.45) is -2.15. The van der Waals surface area contributed by atoms with Crippen LogP contribution >= 0.6 is 0 Å². The van der Waals surface area contributed by atoms with Gasteiger partial charge in [0, 0.05) is 32.6 Å². The molecule has 0 spiro atoms. The van der Waals surface area contributed by atoms with Crippen LogP contribution in [0.2, 0.25) is 0 Å². The fraction of sp³-hybridized carbons (Fsp3) is 0.889. The summed E-state index contributed by atoms with van der Waals surface area (Å²) in [6, 6.07) is 0. The summed E-state index contributed by atoms with van der Waals surface area (Å²) in [5, 5.41) is 2.61. The number of carbonyl (C=O) groups is 1. The van der Waals surface area contributed by atoms with Crippen molar-refractivity contribution in [2.75, 3.05) is 32.7 Å². The molecular formula is C9H19F2N3O. The van der Waals surface area contributed by atoms with Crippen LogP contribution in [0.3, 0.4) is 0 Å². The zero-order valence-corrected chi connectivity index (χ0v) is 9.01. The Bertz CT molecular complexity index is 179. The van der Waals surface area contributed by atoms with Gasteiger partial charge in [0.05, 0.1) is 6.54 Å². The van der Waals surface area contributed by atoms with Crippen molar-refractivity contribution in [3.05, 3.63) is 0 Å². The second-order valence-electron chi connectivity index (χ2n) is 3.18. The van der Waals surface area contributed by atoms with Gasteiger partial charge in [-0.1, -0.05) is 0 Å². The maximum atomic E-state index is 12.1. The van der Waals surface area contributed by atoms with Crippen LogP contribution in [0.5, 0.6) is 0 Å². The van der Waals surface area contributed by atoms with E-state index in [2.05, 4.69) is 5.32 Å². The summed E-state index contributed by atoms with van der Waals surface area (Å²) in [5.41, 5.74) is 5.28. The molecule has 1 amide bonds. The Kier molecular flexibility index (Phi) is 8.12. The number of nitrogens with zero attached hydrogens (tertiary/aromatic N) is 1.